The van der Waals surface area contributed by atoms with Crippen LogP contribution in [0.25, 0.3) is 10.6 Å². The lowest BCUT2D eigenvalue weighted by Gasteiger charge is -2.48. The van der Waals surface area contributed by atoms with Crippen molar-refractivity contribution in [1.82, 2.24) is 9.88 Å². The molecule has 1 aromatic carbocycles. The van der Waals surface area contributed by atoms with Crippen LogP contribution in [0, 0.1) is 34.0 Å². The van der Waals surface area contributed by atoms with Gasteiger partial charge in [0.05, 0.1) is 22.6 Å². The van der Waals surface area contributed by atoms with E-state index < -0.39 is 29.8 Å². The van der Waals surface area contributed by atoms with E-state index in [4.69, 9.17) is 0 Å². The minimum Gasteiger partial charge on any atom is -0.481 e. The van der Waals surface area contributed by atoms with Gasteiger partial charge in [-0.15, -0.1) is 11.3 Å². The first-order valence-corrected chi connectivity index (χ1v) is 12.8. The molecule has 1 aromatic heterocycles. The smallest absolute Gasteiger partial charge is 0.387 e. The maximum Gasteiger partial charge on any atom is 0.387 e. The van der Waals surface area contributed by atoms with E-state index in [1.807, 2.05) is 31.7 Å². The molecule has 4 rings (SSSR count). The molecule has 2 aliphatic rings. The Kier molecular flexibility index (Phi) is 7.29. The molecule has 0 bridgehead atoms. The van der Waals surface area contributed by atoms with Crippen molar-refractivity contribution in [3.8, 4) is 22.4 Å². The van der Waals surface area contributed by atoms with Crippen LogP contribution >= 0.6 is 11.3 Å². The molecule has 1 aliphatic carbocycles. The number of thiazole rings is 1. The number of halogens is 4. The summed E-state index contributed by atoms with van der Waals surface area (Å²) in [6.45, 7) is 4.10. The average Bonchev–Trinajstić information content (AvgIpc) is 3.15. The summed E-state index contributed by atoms with van der Waals surface area (Å²) in [5.41, 5.74) is -0.991. The number of nitrogens with zero attached hydrogens (tertiary/aromatic N) is 3. The van der Waals surface area contributed by atoms with E-state index in [1.54, 1.807) is 6.20 Å². The Morgan fingerprint density at radius 2 is 2.05 bits per heavy atom. The van der Waals surface area contributed by atoms with Crippen molar-refractivity contribution in [2.75, 3.05) is 13.1 Å². The predicted molar refractivity (Wildman–Crippen MR) is 129 cm³/mol. The fraction of sp³-hybridized carbons (Fsp3) is 0.577. The van der Waals surface area contributed by atoms with Gasteiger partial charge in [-0.25, -0.2) is 13.8 Å². The van der Waals surface area contributed by atoms with Crippen LogP contribution in [0.3, 0.4) is 0 Å². The van der Waals surface area contributed by atoms with Gasteiger partial charge in [0.2, 0.25) is 0 Å². The summed E-state index contributed by atoms with van der Waals surface area (Å²) in [5, 5.41) is 19.8. The molecule has 1 saturated carbocycles. The summed E-state index contributed by atoms with van der Waals surface area (Å²) >= 11 is 1.23. The second-order valence-electron chi connectivity index (χ2n) is 11.2. The zero-order valence-electron chi connectivity index (χ0n) is 20.8. The van der Waals surface area contributed by atoms with Gasteiger partial charge in [0.25, 0.3) is 5.92 Å². The number of aromatic nitrogens is 1. The molecule has 2 heterocycles. The van der Waals surface area contributed by atoms with Crippen molar-refractivity contribution >= 4 is 17.3 Å². The van der Waals surface area contributed by atoms with Crippen molar-refractivity contribution < 1.29 is 32.2 Å². The number of piperidine rings is 1. The highest BCUT2D eigenvalue weighted by atomic mass is 32.1. The van der Waals surface area contributed by atoms with Crippen molar-refractivity contribution in [3.63, 3.8) is 0 Å². The molecule has 2 unspecified atom stereocenters. The van der Waals surface area contributed by atoms with Gasteiger partial charge in [0, 0.05) is 43.0 Å². The highest BCUT2D eigenvalue weighted by Gasteiger charge is 2.61. The topological polar surface area (TPSA) is 86.5 Å². The molecule has 0 amide bonds. The first-order chi connectivity index (χ1) is 17.2. The maximum absolute atomic E-state index is 13.8. The Labute approximate surface area is 216 Å². The Balaban J connectivity index is 1.60. The molecule has 2 fully saturated rings. The van der Waals surface area contributed by atoms with Crippen molar-refractivity contribution in [2.24, 2.45) is 22.7 Å². The molecule has 0 radical (unpaired) electrons. The monoisotopic (exact) mass is 539 g/mol. The molecule has 0 spiro atoms. The van der Waals surface area contributed by atoms with Crippen LogP contribution in [0.15, 0.2) is 24.4 Å². The third kappa shape index (κ3) is 6.07. The molecular weight excluding hydrogens is 510 g/mol. The van der Waals surface area contributed by atoms with Gasteiger partial charge in [-0.1, -0.05) is 20.8 Å². The Morgan fingerprint density at radius 3 is 2.62 bits per heavy atom. The van der Waals surface area contributed by atoms with Crippen molar-refractivity contribution in [2.45, 2.75) is 59.1 Å². The lowest BCUT2D eigenvalue weighted by molar-refractivity contribution is -0.157. The number of carboxylic acid groups (broad SMARTS) is 1. The second-order valence-corrected chi connectivity index (χ2v) is 12.3. The quantitative estimate of drug-likeness (QED) is 0.398. The van der Waals surface area contributed by atoms with Gasteiger partial charge in [-0.3, -0.25) is 9.69 Å². The molecule has 11 heteroatoms. The first kappa shape index (κ1) is 27.3. The number of ether oxygens (including phenoxy) is 1. The summed E-state index contributed by atoms with van der Waals surface area (Å²) in [6.07, 6.45) is 1.58. The molecule has 6 nitrogen and oxygen atoms in total. The molecule has 200 valence electrons. The zero-order valence-corrected chi connectivity index (χ0v) is 21.6. The SMILES string of the molecule is CC(C)(C)[C@H]1CN(Cc2cnc(-c3cc(C#N)ccc3OC(F)F)s2)CC(CC2CC2(F)F)(C(=O)O)C1. The molecule has 1 saturated heterocycles. The number of alkyl halides is 4. The third-order valence-electron chi connectivity index (χ3n) is 7.40. The Hall–Kier alpha value is -2.71. The molecule has 1 aliphatic heterocycles. The normalized spacial score (nSPS) is 25.6. The standard InChI is InChI=1S/C26H29F4N3O3S/c1-24(2,3)17-8-25(22(34)35,7-16-9-26(16,29)30)14-33(12-17)13-18-11-32-21(37-18)19-6-15(10-31)4-5-20(19)36-23(27)28/h4-6,11,16-17,23H,7-9,12-14H2,1-3H3,(H,34,35)/t16?,17-,25?/m1/s1. The maximum atomic E-state index is 13.8. The third-order valence-corrected chi connectivity index (χ3v) is 8.42. The van der Waals surface area contributed by atoms with Gasteiger partial charge >= 0.3 is 12.6 Å². The lowest BCUT2D eigenvalue weighted by Crippen LogP contribution is -2.53. The minimum atomic E-state index is -3.04. The Morgan fingerprint density at radius 1 is 1.35 bits per heavy atom. The minimum absolute atomic E-state index is 0.0320. The highest BCUT2D eigenvalue weighted by Crippen LogP contribution is 2.56. The van der Waals surface area contributed by atoms with Crippen LogP contribution in [0.4, 0.5) is 17.6 Å². The second kappa shape index (κ2) is 9.87. The summed E-state index contributed by atoms with van der Waals surface area (Å²) in [6, 6.07) is 6.08. The van der Waals surface area contributed by atoms with E-state index in [0.29, 0.717) is 24.5 Å². The van der Waals surface area contributed by atoms with Crippen LogP contribution in [-0.4, -0.2) is 46.6 Å². The van der Waals surface area contributed by atoms with Gasteiger partial charge in [0.15, 0.2) is 0 Å². The number of carbonyl (C=O) groups is 1. The van der Waals surface area contributed by atoms with Crippen LogP contribution < -0.4 is 4.74 Å². The van der Waals surface area contributed by atoms with E-state index >= 15 is 0 Å². The number of nitriles is 1. The van der Waals surface area contributed by atoms with E-state index in [1.165, 1.54) is 29.5 Å². The summed E-state index contributed by atoms with van der Waals surface area (Å²) in [4.78, 5) is 19.6. The number of hydrogen-bond donors (Lipinski definition) is 1. The predicted octanol–water partition coefficient (Wildman–Crippen LogP) is 6.27. The molecule has 2 aromatic rings. The number of benzene rings is 1. The highest BCUT2D eigenvalue weighted by molar-refractivity contribution is 7.15. The zero-order chi connectivity index (χ0) is 27.2. The van der Waals surface area contributed by atoms with E-state index in [-0.39, 0.29) is 47.6 Å². The number of likely N-dealkylation sites (tertiary alicyclic amines) is 1. The molecule has 3 atom stereocenters. The summed E-state index contributed by atoms with van der Waals surface area (Å²) in [7, 11) is 0. The van der Waals surface area contributed by atoms with Crippen LogP contribution in [0.5, 0.6) is 5.75 Å². The van der Waals surface area contributed by atoms with Gasteiger partial charge in [0.1, 0.15) is 10.8 Å². The van der Waals surface area contributed by atoms with Crippen LogP contribution in [-0.2, 0) is 11.3 Å². The molecular formula is C26H29F4N3O3S. The van der Waals surface area contributed by atoms with Gasteiger partial charge in [-0.05, 0) is 42.4 Å². The van der Waals surface area contributed by atoms with E-state index in [0.717, 1.165) is 4.88 Å². The van der Waals surface area contributed by atoms with Gasteiger partial charge in [-0.2, -0.15) is 14.0 Å². The van der Waals surface area contributed by atoms with E-state index in [9.17, 15) is 32.7 Å². The van der Waals surface area contributed by atoms with Gasteiger partial charge < -0.3 is 9.84 Å². The fourth-order valence-electron chi connectivity index (χ4n) is 5.15. The molecule has 1 N–H and O–H groups in total. The Bertz CT molecular complexity index is 1210. The van der Waals surface area contributed by atoms with Crippen molar-refractivity contribution in [3.05, 3.63) is 34.8 Å². The number of aliphatic carboxylic acids is 1. The summed E-state index contributed by atoms with van der Waals surface area (Å²) < 4.78 is 58.1. The van der Waals surface area contributed by atoms with E-state index in [2.05, 4.69) is 9.72 Å². The average molecular weight is 540 g/mol. The summed E-state index contributed by atoms with van der Waals surface area (Å²) in [5.74, 6) is -4.91. The first-order valence-electron chi connectivity index (χ1n) is 12.0. The number of hydrogen-bond acceptors (Lipinski definition) is 6. The number of rotatable bonds is 8. The van der Waals surface area contributed by atoms with Crippen LogP contribution in [0.2, 0.25) is 0 Å². The fourth-order valence-corrected chi connectivity index (χ4v) is 6.13. The number of carboxylic acids is 1. The van der Waals surface area contributed by atoms with Crippen LogP contribution in [0.1, 0.15) is 50.5 Å². The lowest BCUT2D eigenvalue weighted by atomic mass is 9.65. The molecule has 37 heavy (non-hydrogen) atoms. The largest absolute Gasteiger partial charge is 0.481 e. The van der Waals surface area contributed by atoms with Crippen molar-refractivity contribution in [1.29, 1.82) is 5.26 Å².